The van der Waals surface area contributed by atoms with Gasteiger partial charge in [0.05, 0.1) is 12.2 Å². The summed E-state index contributed by atoms with van der Waals surface area (Å²) >= 11 is 13.7. The predicted octanol–water partition coefficient (Wildman–Crippen LogP) is 6.01. The van der Waals surface area contributed by atoms with Gasteiger partial charge in [-0.05, 0) is 55.9 Å². The number of benzene rings is 1. The van der Waals surface area contributed by atoms with Crippen LogP contribution in [-0.4, -0.2) is 18.5 Å². The third kappa shape index (κ3) is 4.59. The van der Waals surface area contributed by atoms with Crippen LogP contribution in [0.5, 0.6) is 0 Å². The second-order valence-electron chi connectivity index (χ2n) is 6.73. The molecule has 1 aliphatic rings. The molecule has 28 heavy (non-hydrogen) atoms. The molecule has 1 aromatic heterocycles. The van der Waals surface area contributed by atoms with Crippen LogP contribution < -0.4 is 5.32 Å². The first-order valence-corrected chi connectivity index (χ1v) is 10.7. The van der Waals surface area contributed by atoms with Crippen LogP contribution in [0.25, 0.3) is 6.08 Å². The molecule has 0 radical (unpaired) electrons. The van der Waals surface area contributed by atoms with Crippen molar-refractivity contribution in [2.24, 2.45) is 5.92 Å². The van der Waals surface area contributed by atoms with E-state index in [-0.39, 0.29) is 18.5 Å². The standard InChI is InChI=1S/C21H21Cl2NO3S/c1-3-27-21(26)19-14-8-7-12(2)11-17(14)28-20(19)24-18(25)10-9-13-15(22)5-4-6-16(13)23/h4-6,9-10,12H,3,7-8,11H2,1-2H3,(H,24,25). The van der Waals surface area contributed by atoms with E-state index in [1.54, 1.807) is 31.2 Å². The molecule has 0 saturated carbocycles. The number of hydrogen-bond donors (Lipinski definition) is 1. The number of halogens is 2. The first kappa shape index (κ1) is 20.9. The van der Waals surface area contributed by atoms with Crippen LogP contribution in [0.4, 0.5) is 5.00 Å². The number of esters is 1. The molecular formula is C21H21Cl2NO3S. The van der Waals surface area contributed by atoms with Crippen molar-refractivity contribution in [1.29, 1.82) is 0 Å². The van der Waals surface area contributed by atoms with E-state index in [1.165, 1.54) is 17.4 Å². The van der Waals surface area contributed by atoms with Gasteiger partial charge in [-0.1, -0.05) is 36.2 Å². The van der Waals surface area contributed by atoms with E-state index in [0.717, 1.165) is 29.7 Å². The normalized spacial score (nSPS) is 16.1. The second kappa shape index (κ2) is 9.12. The zero-order valence-corrected chi connectivity index (χ0v) is 18.0. The largest absolute Gasteiger partial charge is 0.462 e. The smallest absolute Gasteiger partial charge is 0.341 e. The minimum Gasteiger partial charge on any atom is -0.462 e. The number of nitrogens with one attached hydrogen (secondary N) is 1. The van der Waals surface area contributed by atoms with Gasteiger partial charge < -0.3 is 10.1 Å². The van der Waals surface area contributed by atoms with Crippen molar-refractivity contribution in [2.75, 3.05) is 11.9 Å². The van der Waals surface area contributed by atoms with Gasteiger partial charge in [0.15, 0.2) is 0 Å². The topological polar surface area (TPSA) is 55.4 Å². The molecule has 1 heterocycles. The summed E-state index contributed by atoms with van der Waals surface area (Å²) in [5.74, 6) is -0.178. The Hall–Kier alpha value is -1.82. The summed E-state index contributed by atoms with van der Waals surface area (Å²) in [6.45, 7) is 4.26. The van der Waals surface area contributed by atoms with E-state index in [1.807, 2.05) is 0 Å². The Morgan fingerprint density at radius 1 is 1.32 bits per heavy atom. The molecule has 1 aliphatic carbocycles. The first-order valence-electron chi connectivity index (χ1n) is 9.15. The molecule has 3 rings (SSSR count). The fourth-order valence-corrected chi connectivity index (χ4v) is 5.17. The number of ether oxygens (including phenoxy) is 1. The third-order valence-electron chi connectivity index (χ3n) is 4.63. The molecule has 4 nitrogen and oxygen atoms in total. The Balaban J connectivity index is 1.86. The highest BCUT2D eigenvalue weighted by Crippen LogP contribution is 2.40. The summed E-state index contributed by atoms with van der Waals surface area (Å²) in [5.41, 5.74) is 2.08. The zero-order valence-electron chi connectivity index (χ0n) is 15.7. The lowest BCUT2D eigenvalue weighted by atomic mass is 9.88. The molecule has 2 aromatic rings. The Labute approximate surface area is 178 Å². The lowest BCUT2D eigenvalue weighted by Gasteiger charge is -2.18. The minimum absolute atomic E-state index is 0.290. The SMILES string of the molecule is CCOC(=O)c1c(NC(=O)C=Cc2c(Cl)cccc2Cl)sc2c1CCC(C)C2. The predicted molar refractivity (Wildman–Crippen MR) is 116 cm³/mol. The van der Waals surface area contributed by atoms with Crippen LogP contribution in [0.3, 0.4) is 0 Å². The second-order valence-corrected chi connectivity index (χ2v) is 8.65. The summed E-state index contributed by atoms with van der Waals surface area (Å²) in [4.78, 5) is 26.1. The van der Waals surface area contributed by atoms with Gasteiger partial charge in [-0.15, -0.1) is 11.3 Å². The van der Waals surface area contributed by atoms with E-state index >= 15 is 0 Å². The number of carbonyl (C=O) groups excluding carboxylic acids is 2. The maximum absolute atomic E-state index is 12.5. The number of fused-ring (bicyclic) bond motifs is 1. The summed E-state index contributed by atoms with van der Waals surface area (Å²) in [6, 6.07) is 5.15. The van der Waals surface area contributed by atoms with E-state index in [0.29, 0.717) is 32.1 Å². The first-order chi connectivity index (χ1) is 13.4. The average Bonchev–Trinajstić information content (AvgIpc) is 2.98. The Kier molecular flexibility index (Phi) is 6.81. The van der Waals surface area contributed by atoms with E-state index in [9.17, 15) is 9.59 Å². The molecule has 0 spiro atoms. The van der Waals surface area contributed by atoms with E-state index in [2.05, 4.69) is 12.2 Å². The molecule has 1 amide bonds. The lowest BCUT2D eigenvalue weighted by Crippen LogP contribution is -2.15. The lowest BCUT2D eigenvalue weighted by molar-refractivity contribution is -0.111. The van der Waals surface area contributed by atoms with Gasteiger partial charge in [0, 0.05) is 26.6 Å². The van der Waals surface area contributed by atoms with Crippen LogP contribution >= 0.6 is 34.5 Å². The van der Waals surface area contributed by atoms with Crippen molar-refractivity contribution in [3.63, 3.8) is 0 Å². The Bertz CT molecular complexity index is 916. The molecule has 148 valence electrons. The summed E-state index contributed by atoms with van der Waals surface area (Å²) < 4.78 is 5.23. The fourth-order valence-electron chi connectivity index (χ4n) is 3.24. The van der Waals surface area contributed by atoms with E-state index in [4.69, 9.17) is 27.9 Å². The fraction of sp³-hybridized carbons (Fsp3) is 0.333. The van der Waals surface area contributed by atoms with Crippen LogP contribution in [0.1, 0.15) is 46.6 Å². The molecule has 0 fully saturated rings. The minimum atomic E-state index is -0.386. The summed E-state index contributed by atoms with van der Waals surface area (Å²) in [6.07, 6.45) is 5.69. The van der Waals surface area contributed by atoms with Gasteiger partial charge in [-0.3, -0.25) is 4.79 Å². The molecule has 0 saturated heterocycles. The molecule has 1 unspecified atom stereocenters. The molecule has 1 atom stereocenters. The number of thiophene rings is 1. The van der Waals surface area contributed by atoms with Gasteiger partial charge in [-0.25, -0.2) is 4.79 Å². The molecular weight excluding hydrogens is 417 g/mol. The van der Waals surface area contributed by atoms with Crippen molar-refractivity contribution < 1.29 is 14.3 Å². The number of rotatable bonds is 5. The van der Waals surface area contributed by atoms with Crippen molar-refractivity contribution in [1.82, 2.24) is 0 Å². The van der Waals surface area contributed by atoms with Gasteiger partial charge in [-0.2, -0.15) is 0 Å². The summed E-state index contributed by atoms with van der Waals surface area (Å²) in [7, 11) is 0. The van der Waals surface area contributed by atoms with Gasteiger partial charge in [0.1, 0.15) is 5.00 Å². The molecule has 0 aliphatic heterocycles. The van der Waals surface area contributed by atoms with Crippen LogP contribution in [0, 0.1) is 5.92 Å². The monoisotopic (exact) mass is 437 g/mol. The number of amides is 1. The molecule has 7 heteroatoms. The van der Waals surface area contributed by atoms with Gasteiger partial charge in [0.2, 0.25) is 5.91 Å². The van der Waals surface area contributed by atoms with Crippen molar-refractivity contribution >= 4 is 57.5 Å². The van der Waals surface area contributed by atoms with Crippen molar-refractivity contribution in [2.45, 2.75) is 33.1 Å². The van der Waals surface area contributed by atoms with E-state index < -0.39 is 0 Å². The molecule has 1 aromatic carbocycles. The highest BCUT2D eigenvalue weighted by molar-refractivity contribution is 7.17. The Morgan fingerprint density at radius 3 is 2.71 bits per heavy atom. The third-order valence-corrected chi connectivity index (χ3v) is 6.46. The van der Waals surface area contributed by atoms with Crippen LogP contribution in [0.2, 0.25) is 10.0 Å². The Morgan fingerprint density at radius 2 is 2.04 bits per heavy atom. The highest BCUT2D eigenvalue weighted by Gasteiger charge is 2.28. The van der Waals surface area contributed by atoms with Crippen molar-refractivity contribution in [3.05, 3.63) is 55.9 Å². The molecule has 0 bridgehead atoms. The summed E-state index contributed by atoms with van der Waals surface area (Å²) in [5, 5.41) is 4.30. The number of anilines is 1. The average molecular weight is 438 g/mol. The molecule has 1 N–H and O–H groups in total. The highest BCUT2D eigenvalue weighted by atomic mass is 35.5. The van der Waals surface area contributed by atoms with Crippen LogP contribution in [-0.2, 0) is 22.4 Å². The maximum Gasteiger partial charge on any atom is 0.341 e. The number of hydrogen-bond acceptors (Lipinski definition) is 4. The van der Waals surface area contributed by atoms with Gasteiger partial charge >= 0.3 is 5.97 Å². The van der Waals surface area contributed by atoms with Gasteiger partial charge in [0.25, 0.3) is 0 Å². The zero-order chi connectivity index (χ0) is 20.3. The quantitative estimate of drug-likeness (QED) is 0.460. The maximum atomic E-state index is 12.5. The number of carbonyl (C=O) groups is 2. The van der Waals surface area contributed by atoms with Crippen LogP contribution in [0.15, 0.2) is 24.3 Å². The van der Waals surface area contributed by atoms with Crippen molar-refractivity contribution in [3.8, 4) is 0 Å².